The summed E-state index contributed by atoms with van der Waals surface area (Å²) >= 11 is 0. The van der Waals surface area contributed by atoms with Gasteiger partial charge in [0.2, 0.25) is 0 Å². The topological polar surface area (TPSA) is 62.5 Å². The summed E-state index contributed by atoms with van der Waals surface area (Å²) in [4.78, 5) is 0. The fourth-order valence-corrected chi connectivity index (χ4v) is 0.816. The van der Waals surface area contributed by atoms with Crippen LogP contribution in [0.15, 0.2) is 23.5 Å². The smallest absolute Gasteiger partial charge is 0.281 e. The monoisotopic (exact) mass is 279 g/mol. The molecule has 0 bridgehead atoms. The van der Waals surface area contributed by atoms with Gasteiger partial charge in [-0.25, -0.2) is 4.57 Å². The Morgan fingerprint density at radius 3 is 2.92 bits per heavy atom. The van der Waals surface area contributed by atoms with Crippen LogP contribution in [0.1, 0.15) is 5.56 Å². The number of oxime groups is 1. The zero-order valence-electron chi connectivity index (χ0n) is 6.61. The fraction of sp³-hybridized carbons (Fsp3) is 0.143. The molecule has 0 radical (unpaired) electrons. The normalized spacial score (nSPS) is 9.75. The molecular formula is C7H10IN3O. The van der Waals surface area contributed by atoms with Gasteiger partial charge in [0.25, 0.3) is 5.82 Å². The first-order valence-electron chi connectivity index (χ1n) is 3.17. The molecule has 0 aliphatic heterocycles. The molecule has 0 aliphatic rings. The SMILES string of the molecule is C[n+]1cccc(/C=N/O)c1N.[I-]. The number of aryl methyl sites for hydroxylation is 1. The molecule has 0 saturated heterocycles. The quantitative estimate of drug-likeness (QED) is 0.188. The minimum atomic E-state index is 0. The molecule has 3 N–H and O–H groups in total. The highest BCUT2D eigenvalue weighted by atomic mass is 127. The lowest BCUT2D eigenvalue weighted by Crippen LogP contribution is -3.00. The number of pyridine rings is 1. The zero-order chi connectivity index (χ0) is 8.27. The summed E-state index contributed by atoms with van der Waals surface area (Å²) in [5.41, 5.74) is 6.34. The minimum Gasteiger partial charge on any atom is -1.00 e. The first kappa shape index (κ1) is 11.2. The second-order valence-electron chi connectivity index (χ2n) is 2.20. The highest BCUT2D eigenvalue weighted by Crippen LogP contribution is 1.99. The molecule has 1 aromatic rings. The number of aromatic nitrogens is 1. The van der Waals surface area contributed by atoms with Crippen LogP contribution in [-0.4, -0.2) is 11.4 Å². The predicted octanol–water partition coefficient (Wildman–Crippen LogP) is -3.09. The van der Waals surface area contributed by atoms with E-state index in [1.54, 1.807) is 10.6 Å². The van der Waals surface area contributed by atoms with E-state index in [1.807, 2.05) is 19.3 Å². The fourth-order valence-electron chi connectivity index (χ4n) is 0.816. The second kappa shape index (κ2) is 4.91. The van der Waals surface area contributed by atoms with Gasteiger partial charge in [-0.05, 0) is 12.1 Å². The summed E-state index contributed by atoms with van der Waals surface area (Å²) in [6.07, 6.45) is 3.12. The number of anilines is 1. The van der Waals surface area contributed by atoms with Crippen molar-refractivity contribution in [2.45, 2.75) is 0 Å². The Bertz CT molecular complexity index is 288. The van der Waals surface area contributed by atoms with E-state index in [0.29, 0.717) is 11.4 Å². The molecule has 0 atom stereocenters. The molecule has 0 unspecified atom stereocenters. The van der Waals surface area contributed by atoms with E-state index in [2.05, 4.69) is 5.16 Å². The molecule has 0 saturated carbocycles. The predicted molar refractivity (Wildman–Crippen MR) is 41.4 cm³/mol. The Labute approximate surface area is 87.7 Å². The molecule has 1 heterocycles. The number of hydrogen-bond donors (Lipinski definition) is 2. The molecule has 4 nitrogen and oxygen atoms in total. The maximum atomic E-state index is 8.24. The van der Waals surface area contributed by atoms with Crippen LogP contribution in [0.5, 0.6) is 0 Å². The number of hydrogen-bond acceptors (Lipinski definition) is 3. The van der Waals surface area contributed by atoms with Crippen LogP contribution in [0.25, 0.3) is 0 Å². The first-order valence-corrected chi connectivity index (χ1v) is 3.17. The van der Waals surface area contributed by atoms with E-state index in [9.17, 15) is 0 Å². The van der Waals surface area contributed by atoms with E-state index in [4.69, 9.17) is 10.9 Å². The van der Waals surface area contributed by atoms with E-state index < -0.39 is 0 Å². The minimum absolute atomic E-state index is 0. The molecule has 1 aromatic heterocycles. The molecule has 0 amide bonds. The van der Waals surface area contributed by atoms with Crippen molar-refractivity contribution in [1.82, 2.24) is 0 Å². The van der Waals surface area contributed by atoms with Gasteiger partial charge in [-0.2, -0.15) is 0 Å². The van der Waals surface area contributed by atoms with Crippen molar-refractivity contribution >= 4 is 12.0 Å². The highest BCUT2D eigenvalue weighted by Gasteiger charge is 2.03. The van der Waals surface area contributed by atoms with Crippen molar-refractivity contribution in [1.29, 1.82) is 0 Å². The van der Waals surface area contributed by atoms with Crippen LogP contribution in [0.2, 0.25) is 0 Å². The van der Waals surface area contributed by atoms with Crippen LogP contribution in [0.3, 0.4) is 0 Å². The molecule has 0 spiro atoms. The third-order valence-electron chi connectivity index (χ3n) is 1.46. The average Bonchev–Trinajstić information content (AvgIpc) is 1.99. The van der Waals surface area contributed by atoms with E-state index in [0.717, 1.165) is 0 Å². The van der Waals surface area contributed by atoms with Gasteiger partial charge in [0.05, 0.1) is 25.0 Å². The number of nitrogens with zero attached hydrogens (tertiary/aromatic N) is 2. The molecular weight excluding hydrogens is 269 g/mol. The summed E-state index contributed by atoms with van der Waals surface area (Å²) in [6.45, 7) is 0. The summed E-state index contributed by atoms with van der Waals surface area (Å²) in [6, 6.07) is 3.60. The van der Waals surface area contributed by atoms with Crippen molar-refractivity contribution in [3.05, 3.63) is 23.9 Å². The van der Waals surface area contributed by atoms with Gasteiger partial charge in [0, 0.05) is 0 Å². The van der Waals surface area contributed by atoms with Crippen LogP contribution in [-0.2, 0) is 7.05 Å². The number of nitrogens with two attached hydrogens (primary N) is 1. The van der Waals surface area contributed by atoms with E-state index >= 15 is 0 Å². The molecule has 66 valence electrons. The van der Waals surface area contributed by atoms with Crippen LogP contribution in [0.4, 0.5) is 5.82 Å². The number of nitrogen functional groups attached to an aromatic ring is 1. The maximum Gasteiger partial charge on any atom is 0.281 e. The van der Waals surface area contributed by atoms with Crippen molar-refractivity contribution in [2.24, 2.45) is 12.2 Å². The maximum absolute atomic E-state index is 8.24. The number of rotatable bonds is 1. The third-order valence-corrected chi connectivity index (χ3v) is 1.46. The Kier molecular flexibility index (Phi) is 4.57. The van der Waals surface area contributed by atoms with Crippen LogP contribution < -0.4 is 34.3 Å². The van der Waals surface area contributed by atoms with Crippen molar-refractivity contribution in [2.75, 3.05) is 5.73 Å². The summed E-state index contributed by atoms with van der Waals surface area (Å²) in [7, 11) is 1.82. The largest absolute Gasteiger partial charge is 1.00 e. The second-order valence-corrected chi connectivity index (χ2v) is 2.20. The Morgan fingerprint density at radius 2 is 2.33 bits per heavy atom. The van der Waals surface area contributed by atoms with Crippen molar-refractivity contribution in [3.63, 3.8) is 0 Å². The third kappa shape index (κ3) is 2.33. The van der Waals surface area contributed by atoms with Gasteiger partial charge in [-0.3, -0.25) is 5.73 Å². The lowest BCUT2D eigenvalue weighted by Gasteiger charge is -1.96. The summed E-state index contributed by atoms with van der Waals surface area (Å²) in [5, 5.41) is 11.1. The van der Waals surface area contributed by atoms with Gasteiger partial charge in [0.15, 0.2) is 0 Å². The molecule has 12 heavy (non-hydrogen) atoms. The van der Waals surface area contributed by atoms with Gasteiger partial charge in [-0.1, -0.05) is 5.16 Å². The molecule has 0 aliphatic carbocycles. The number of halogens is 1. The Hall–Kier alpha value is -0.850. The Morgan fingerprint density at radius 1 is 1.67 bits per heavy atom. The van der Waals surface area contributed by atoms with Gasteiger partial charge in [0.1, 0.15) is 0 Å². The average molecular weight is 279 g/mol. The van der Waals surface area contributed by atoms with Crippen LogP contribution in [0, 0.1) is 0 Å². The molecule has 0 aromatic carbocycles. The lowest BCUT2D eigenvalue weighted by atomic mass is 10.3. The Balaban J connectivity index is 0.00000121. The molecule has 1 rings (SSSR count). The zero-order valence-corrected chi connectivity index (χ0v) is 8.76. The van der Waals surface area contributed by atoms with E-state index in [1.165, 1.54) is 6.21 Å². The van der Waals surface area contributed by atoms with Crippen LogP contribution >= 0.6 is 0 Å². The van der Waals surface area contributed by atoms with Crippen molar-refractivity contribution in [3.8, 4) is 0 Å². The van der Waals surface area contributed by atoms with Gasteiger partial charge in [-0.15, -0.1) is 0 Å². The summed E-state index contributed by atoms with van der Waals surface area (Å²) < 4.78 is 1.75. The first-order chi connectivity index (χ1) is 5.25. The van der Waals surface area contributed by atoms with Crippen molar-refractivity contribution < 1.29 is 33.8 Å². The molecule has 5 heteroatoms. The van der Waals surface area contributed by atoms with Gasteiger partial charge >= 0.3 is 0 Å². The van der Waals surface area contributed by atoms with E-state index in [-0.39, 0.29) is 24.0 Å². The highest BCUT2D eigenvalue weighted by molar-refractivity contribution is 5.83. The lowest BCUT2D eigenvalue weighted by molar-refractivity contribution is -0.656. The van der Waals surface area contributed by atoms with Gasteiger partial charge < -0.3 is 29.2 Å². The summed E-state index contributed by atoms with van der Waals surface area (Å²) in [5.74, 6) is 0.574. The molecule has 0 fully saturated rings. The standard InChI is InChI=1S/C7H9N3O.HI/c1-10-4-2-3-6(5-9-11)7(10)8;/h2-5,8,11H,1H3;1H/b9-5+;.